The Morgan fingerprint density at radius 1 is 1.27 bits per heavy atom. The number of ketones is 1. The van der Waals surface area contributed by atoms with Crippen molar-refractivity contribution in [2.24, 2.45) is 5.92 Å². The van der Waals surface area contributed by atoms with E-state index in [9.17, 15) is 4.79 Å². The Morgan fingerprint density at radius 3 is 2.65 bits per heavy atom. The minimum Gasteiger partial charge on any atom is -0.496 e. The predicted molar refractivity (Wildman–Crippen MR) is 109 cm³/mol. The highest BCUT2D eigenvalue weighted by Crippen LogP contribution is 2.30. The van der Waals surface area contributed by atoms with E-state index in [0.29, 0.717) is 35.2 Å². The van der Waals surface area contributed by atoms with Crippen molar-refractivity contribution in [3.63, 3.8) is 0 Å². The lowest BCUT2D eigenvalue weighted by Gasteiger charge is -2.31. The van der Waals surface area contributed by atoms with Gasteiger partial charge in [0.05, 0.1) is 17.8 Å². The highest BCUT2D eigenvalue weighted by Gasteiger charge is 2.22. The van der Waals surface area contributed by atoms with Crippen molar-refractivity contribution in [2.75, 3.05) is 32.5 Å². The SMILES string of the molecule is CCCCCCN1CCC(CC(=O)Cc2cc(Cl)c(N)cc2OC)CC1. The number of hydrogen-bond acceptors (Lipinski definition) is 4. The van der Waals surface area contributed by atoms with Crippen molar-refractivity contribution < 1.29 is 9.53 Å². The number of Topliss-reactive ketones (excluding diaryl/α,β-unsaturated/α-hetero) is 1. The molecule has 1 saturated heterocycles. The van der Waals surface area contributed by atoms with E-state index >= 15 is 0 Å². The van der Waals surface area contributed by atoms with E-state index in [-0.39, 0.29) is 5.78 Å². The van der Waals surface area contributed by atoms with E-state index in [1.165, 1.54) is 32.2 Å². The summed E-state index contributed by atoms with van der Waals surface area (Å²) in [4.78, 5) is 15.1. The molecule has 5 heteroatoms. The summed E-state index contributed by atoms with van der Waals surface area (Å²) in [7, 11) is 1.59. The third kappa shape index (κ3) is 6.48. The number of rotatable bonds is 10. The molecule has 4 nitrogen and oxygen atoms in total. The number of benzene rings is 1. The van der Waals surface area contributed by atoms with Gasteiger partial charge in [0.1, 0.15) is 11.5 Å². The third-order valence-electron chi connectivity index (χ3n) is 5.34. The number of methoxy groups -OCH3 is 1. The van der Waals surface area contributed by atoms with E-state index in [4.69, 9.17) is 22.1 Å². The van der Waals surface area contributed by atoms with Gasteiger partial charge >= 0.3 is 0 Å². The number of unbranched alkanes of at least 4 members (excludes halogenated alkanes) is 3. The number of anilines is 1. The van der Waals surface area contributed by atoms with Crippen LogP contribution in [0.25, 0.3) is 0 Å². The van der Waals surface area contributed by atoms with Gasteiger partial charge in [0.15, 0.2) is 0 Å². The fraction of sp³-hybridized carbons (Fsp3) is 0.667. The van der Waals surface area contributed by atoms with Gasteiger partial charge < -0.3 is 15.4 Å². The van der Waals surface area contributed by atoms with Gasteiger partial charge in [-0.1, -0.05) is 37.8 Å². The molecule has 2 rings (SSSR count). The summed E-state index contributed by atoms with van der Waals surface area (Å²) in [5, 5.41) is 0.477. The summed E-state index contributed by atoms with van der Waals surface area (Å²) in [5.74, 6) is 1.40. The van der Waals surface area contributed by atoms with Crippen LogP contribution in [0.2, 0.25) is 5.02 Å². The number of likely N-dealkylation sites (tertiary alicyclic amines) is 1. The van der Waals surface area contributed by atoms with Crippen molar-refractivity contribution in [2.45, 2.75) is 58.3 Å². The molecule has 0 spiro atoms. The van der Waals surface area contributed by atoms with Gasteiger partial charge in [0.2, 0.25) is 0 Å². The largest absolute Gasteiger partial charge is 0.496 e. The first-order chi connectivity index (χ1) is 12.5. The summed E-state index contributed by atoms with van der Waals surface area (Å²) in [6, 6.07) is 3.45. The molecule has 0 unspecified atom stereocenters. The van der Waals surface area contributed by atoms with E-state index < -0.39 is 0 Å². The number of nitrogens with two attached hydrogens (primary N) is 1. The van der Waals surface area contributed by atoms with E-state index in [1.54, 1.807) is 19.2 Å². The molecule has 1 heterocycles. The predicted octanol–water partition coefficient (Wildman–Crippen LogP) is 4.72. The number of piperidine rings is 1. The van der Waals surface area contributed by atoms with Crippen LogP contribution >= 0.6 is 11.6 Å². The second-order valence-corrected chi connectivity index (χ2v) is 7.86. The smallest absolute Gasteiger partial charge is 0.137 e. The maximum Gasteiger partial charge on any atom is 0.137 e. The minimum absolute atomic E-state index is 0.255. The molecule has 1 fully saturated rings. The average molecular weight is 381 g/mol. The van der Waals surface area contributed by atoms with Crippen molar-refractivity contribution in [1.29, 1.82) is 0 Å². The van der Waals surface area contributed by atoms with Crippen LogP contribution in [0.15, 0.2) is 12.1 Å². The molecule has 0 amide bonds. The lowest BCUT2D eigenvalue weighted by atomic mass is 9.90. The van der Waals surface area contributed by atoms with Crippen molar-refractivity contribution in [3.8, 4) is 5.75 Å². The number of hydrogen-bond donors (Lipinski definition) is 1. The Bertz CT molecular complexity index is 584. The van der Waals surface area contributed by atoms with Crippen LogP contribution in [0.4, 0.5) is 5.69 Å². The Labute approximate surface area is 163 Å². The molecule has 0 aromatic heterocycles. The molecular weight excluding hydrogens is 348 g/mol. The highest BCUT2D eigenvalue weighted by molar-refractivity contribution is 6.33. The summed E-state index contributed by atoms with van der Waals surface area (Å²) in [6.45, 7) is 5.71. The number of carbonyl (C=O) groups is 1. The molecule has 1 aromatic rings. The molecular formula is C21H33ClN2O2. The lowest BCUT2D eigenvalue weighted by Crippen LogP contribution is -2.35. The maximum absolute atomic E-state index is 12.5. The number of carbonyl (C=O) groups excluding carboxylic acids is 1. The molecule has 146 valence electrons. The zero-order valence-corrected chi connectivity index (χ0v) is 17.0. The molecule has 0 radical (unpaired) electrons. The number of halogens is 1. The molecule has 2 N–H and O–H groups in total. The van der Waals surface area contributed by atoms with E-state index in [0.717, 1.165) is 31.5 Å². The molecule has 0 atom stereocenters. The van der Waals surface area contributed by atoms with Gasteiger partial charge in [-0.2, -0.15) is 0 Å². The van der Waals surface area contributed by atoms with Crippen molar-refractivity contribution >= 4 is 23.1 Å². The first-order valence-electron chi connectivity index (χ1n) is 9.89. The van der Waals surface area contributed by atoms with Gasteiger partial charge in [-0.3, -0.25) is 4.79 Å². The van der Waals surface area contributed by atoms with Gasteiger partial charge in [-0.25, -0.2) is 0 Å². The van der Waals surface area contributed by atoms with Crippen LogP contribution in [0, 0.1) is 5.92 Å². The Kier molecular flexibility index (Phi) is 8.73. The third-order valence-corrected chi connectivity index (χ3v) is 5.67. The molecule has 1 aliphatic heterocycles. The van der Waals surface area contributed by atoms with Gasteiger partial charge in [0.25, 0.3) is 0 Å². The first-order valence-corrected chi connectivity index (χ1v) is 10.3. The molecule has 0 bridgehead atoms. The van der Waals surface area contributed by atoms with E-state index in [1.807, 2.05) is 0 Å². The minimum atomic E-state index is 0.255. The molecule has 0 aliphatic carbocycles. The van der Waals surface area contributed by atoms with Gasteiger partial charge in [0, 0.05) is 24.5 Å². The van der Waals surface area contributed by atoms with Gasteiger partial charge in [-0.05, 0) is 50.9 Å². The maximum atomic E-state index is 12.5. The number of ether oxygens (including phenoxy) is 1. The summed E-state index contributed by atoms with van der Waals surface area (Å²) >= 11 is 6.10. The van der Waals surface area contributed by atoms with E-state index in [2.05, 4.69) is 11.8 Å². The fourth-order valence-corrected chi connectivity index (χ4v) is 3.91. The number of nitrogens with zero attached hydrogens (tertiary/aromatic N) is 1. The Hall–Kier alpha value is -1.26. The second kappa shape index (κ2) is 10.8. The van der Waals surface area contributed by atoms with Crippen LogP contribution < -0.4 is 10.5 Å². The topological polar surface area (TPSA) is 55.6 Å². The van der Waals surface area contributed by atoms with Crippen LogP contribution in [0.1, 0.15) is 57.4 Å². The first kappa shape index (κ1) is 21.0. The van der Waals surface area contributed by atoms with Crippen LogP contribution in [0.5, 0.6) is 5.75 Å². The van der Waals surface area contributed by atoms with Crippen LogP contribution in [0.3, 0.4) is 0 Å². The normalized spacial score (nSPS) is 16.0. The molecule has 1 aromatic carbocycles. The molecule has 26 heavy (non-hydrogen) atoms. The number of nitrogen functional groups attached to an aromatic ring is 1. The standard InChI is InChI=1S/C21H33ClN2O2/c1-3-4-5-6-9-24-10-7-16(8-11-24)12-18(25)13-17-14-19(22)20(23)15-21(17)26-2/h14-16H,3-13,23H2,1-2H3. The second-order valence-electron chi connectivity index (χ2n) is 7.45. The summed E-state index contributed by atoms with van der Waals surface area (Å²) < 4.78 is 5.34. The van der Waals surface area contributed by atoms with Crippen LogP contribution in [-0.4, -0.2) is 37.4 Å². The zero-order valence-electron chi connectivity index (χ0n) is 16.2. The summed E-state index contributed by atoms with van der Waals surface area (Å²) in [6.07, 6.45) is 8.52. The van der Waals surface area contributed by atoms with Crippen molar-refractivity contribution in [3.05, 3.63) is 22.7 Å². The zero-order chi connectivity index (χ0) is 18.9. The van der Waals surface area contributed by atoms with Crippen molar-refractivity contribution in [1.82, 2.24) is 4.90 Å². The molecule has 0 saturated carbocycles. The Balaban J connectivity index is 1.77. The monoisotopic (exact) mass is 380 g/mol. The average Bonchev–Trinajstić information content (AvgIpc) is 2.63. The lowest BCUT2D eigenvalue weighted by molar-refractivity contribution is -0.119. The molecule has 1 aliphatic rings. The summed E-state index contributed by atoms with van der Waals surface area (Å²) in [5.41, 5.74) is 7.11. The Morgan fingerprint density at radius 2 is 2.00 bits per heavy atom. The highest BCUT2D eigenvalue weighted by atomic mass is 35.5. The quantitative estimate of drug-likeness (QED) is 0.471. The van der Waals surface area contributed by atoms with Crippen LogP contribution in [-0.2, 0) is 11.2 Å². The fourth-order valence-electron chi connectivity index (χ4n) is 3.72. The van der Waals surface area contributed by atoms with Gasteiger partial charge in [-0.15, -0.1) is 0 Å².